The maximum absolute atomic E-state index is 11.6. The van der Waals surface area contributed by atoms with Crippen molar-refractivity contribution in [2.45, 2.75) is 58.0 Å². The van der Waals surface area contributed by atoms with E-state index in [1.807, 2.05) is 10.9 Å². The van der Waals surface area contributed by atoms with E-state index in [2.05, 4.69) is 59.7 Å². The van der Waals surface area contributed by atoms with Crippen LogP contribution in [-0.2, 0) is 17.8 Å². The molecule has 150 valence electrons. The van der Waals surface area contributed by atoms with E-state index >= 15 is 0 Å². The molecule has 28 heavy (non-hydrogen) atoms. The highest BCUT2D eigenvalue weighted by atomic mass is 16.1. The lowest BCUT2D eigenvalue weighted by atomic mass is 9.89. The van der Waals surface area contributed by atoms with Gasteiger partial charge in [0.25, 0.3) is 0 Å². The number of rotatable bonds is 7. The van der Waals surface area contributed by atoms with Gasteiger partial charge in [0.15, 0.2) is 0 Å². The molecule has 1 saturated carbocycles. The Bertz CT molecular complexity index is 797. The van der Waals surface area contributed by atoms with Crippen molar-refractivity contribution < 1.29 is 4.79 Å². The predicted molar refractivity (Wildman–Crippen MR) is 111 cm³/mol. The van der Waals surface area contributed by atoms with Crippen LogP contribution in [0.25, 0.3) is 5.69 Å². The van der Waals surface area contributed by atoms with Gasteiger partial charge in [0.05, 0.1) is 11.9 Å². The lowest BCUT2D eigenvalue weighted by Crippen LogP contribution is -2.38. The Kier molecular flexibility index (Phi) is 5.81. The molecule has 1 amide bonds. The Morgan fingerprint density at radius 1 is 1.18 bits per heavy atom. The van der Waals surface area contributed by atoms with Crippen molar-refractivity contribution in [2.24, 2.45) is 11.8 Å². The van der Waals surface area contributed by atoms with Crippen molar-refractivity contribution in [1.29, 1.82) is 0 Å². The van der Waals surface area contributed by atoms with Gasteiger partial charge in [0.1, 0.15) is 0 Å². The zero-order valence-electron chi connectivity index (χ0n) is 17.1. The first-order valence-corrected chi connectivity index (χ1v) is 10.7. The molecule has 4 rings (SSSR count). The first-order valence-electron chi connectivity index (χ1n) is 10.7. The summed E-state index contributed by atoms with van der Waals surface area (Å²) in [5.74, 6) is 1.45. The van der Waals surface area contributed by atoms with E-state index in [9.17, 15) is 4.79 Å². The first-order chi connectivity index (χ1) is 13.6. The molecule has 0 unspecified atom stereocenters. The maximum Gasteiger partial charge on any atom is 0.220 e. The SMILES string of the molecule is CCCCc1ccc(-n2cc(CN(C)[C@H]3C[C@H]4CNC(=O)C[C@H]4C3)cn2)cc1. The lowest BCUT2D eigenvalue weighted by Gasteiger charge is -2.24. The lowest BCUT2D eigenvalue weighted by molar-refractivity contribution is -0.124. The van der Waals surface area contributed by atoms with E-state index in [-0.39, 0.29) is 5.91 Å². The van der Waals surface area contributed by atoms with Crippen LogP contribution in [0.4, 0.5) is 0 Å². The molecule has 1 N–H and O–H groups in total. The van der Waals surface area contributed by atoms with Crippen LogP contribution in [0.1, 0.15) is 50.2 Å². The Morgan fingerprint density at radius 2 is 1.96 bits per heavy atom. The minimum atomic E-state index is 0.228. The van der Waals surface area contributed by atoms with Gasteiger partial charge < -0.3 is 5.32 Å². The quantitative estimate of drug-likeness (QED) is 0.799. The van der Waals surface area contributed by atoms with Crippen molar-refractivity contribution in [3.05, 3.63) is 47.8 Å². The molecular formula is C23H32N4O. The summed E-state index contributed by atoms with van der Waals surface area (Å²) in [6, 6.07) is 9.32. The van der Waals surface area contributed by atoms with Crippen molar-refractivity contribution in [3.63, 3.8) is 0 Å². The van der Waals surface area contributed by atoms with E-state index in [1.54, 1.807) is 0 Å². The highest BCUT2D eigenvalue weighted by Crippen LogP contribution is 2.38. The molecule has 1 aromatic heterocycles. The summed E-state index contributed by atoms with van der Waals surface area (Å²) < 4.78 is 1.98. The number of carbonyl (C=O) groups is 1. The van der Waals surface area contributed by atoms with Crippen LogP contribution in [0, 0.1) is 11.8 Å². The van der Waals surface area contributed by atoms with Crippen LogP contribution in [0.2, 0.25) is 0 Å². The minimum absolute atomic E-state index is 0.228. The van der Waals surface area contributed by atoms with Crippen LogP contribution >= 0.6 is 0 Å². The second-order valence-corrected chi connectivity index (χ2v) is 8.63. The number of carbonyl (C=O) groups excluding carboxylic acids is 1. The van der Waals surface area contributed by atoms with Gasteiger partial charge in [-0.1, -0.05) is 25.5 Å². The molecular weight excluding hydrogens is 348 g/mol. The molecule has 2 aromatic rings. The number of nitrogens with zero attached hydrogens (tertiary/aromatic N) is 3. The van der Waals surface area contributed by atoms with Crippen molar-refractivity contribution in [3.8, 4) is 5.69 Å². The number of aromatic nitrogens is 2. The summed E-state index contributed by atoms with van der Waals surface area (Å²) in [7, 11) is 2.21. The van der Waals surface area contributed by atoms with Gasteiger partial charge in [-0.3, -0.25) is 9.69 Å². The molecule has 0 radical (unpaired) electrons. The Hall–Kier alpha value is -2.14. The van der Waals surface area contributed by atoms with Crippen molar-refractivity contribution in [1.82, 2.24) is 20.0 Å². The fourth-order valence-electron chi connectivity index (χ4n) is 4.79. The van der Waals surface area contributed by atoms with Crippen LogP contribution in [0.3, 0.4) is 0 Å². The topological polar surface area (TPSA) is 50.2 Å². The number of hydrogen-bond acceptors (Lipinski definition) is 3. The van der Waals surface area contributed by atoms with E-state index in [1.165, 1.54) is 30.4 Å². The summed E-state index contributed by atoms with van der Waals surface area (Å²) in [4.78, 5) is 14.1. The molecule has 1 aliphatic heterocycles. The number of amides is 1. The summed E-state index contributed by atoms with van der Waals surface area (Å²) >= 11 is 0. The number of hydrogen-bond donors (Lipinski definition) is 1. The largest absolute Gasteiger partial charge is 0.356 e. The smallest absolute Gasteiger partial charge is 0.220 e. The molecule has 1 aliphatic carbocycles. The van der Waals surface area contributed by atoms with E-state index in [4.69, 9.17) is 0 Å². The first kappa shape index (κ1) is 19.2. The number of aryl methyl sites for hydroxylation is 1. The van der Waals surface area contributed by atoms with Crippen molar-refractivity contribution in [2.75, 3.05) is 13.6 Å². The number of piperidine rings is 1. The van der Waals surface area contributed by atoms with Gasteiger partial charge in [-0.2, -0.15) is 5.10 Å². The maximum atomic E-state index is 11.6. The average Bonchev–Trinajstić information content (AvgIpc) is 3.33. The van der Waals surface area contributed by atoms with Crippen LogP contribution in [0.5, 0.6) is 0 Å². The monoisotopic (exact) mass is 380 g/mol. The van der Waals surface area contributed by atoms with Gasteiger partial charge in [0.2, 0.25) is 5.91 Å². The summed E-state index contributed by atoms with van der Waals surface area (Å²) in [6.45, 7) is 3.99. The normalized spacial score (nSPS) is 24.4. The number of fused-ring (bicyclic) bond motifs is 1. The minimum Gasteiger partial charge on any atom is -0.356 e. The summed E-state index contributed by atoms with van der Waals surface area (Å²) in [6.07, 6.45) is 10.8. The molecule has 1 saturated heterocycles. The third-order valence-electron chi connectivity index (χ3n) is 6.54. The molecule has 5 heteroatoms. The van der Waals surface area contributed by atoms with Gasteiger partial charge >= 0.3 is 0 Å². The predicted octanol–water partition coefficient (Wildman–Crippen LogP) is 3.56. The molecule has 5 nitrogen and oxygen atoms in total. The molecule has 0 bridgehead atoms. The average molecular weight is 381 g/mol. The van der Waals surface area contributed by atoms with E-state index < -0.39 is 0 Å². The van der Waals surface area contributed by atoms with Gasteiger partial charge in [-0.25, -0.2) is 4.68 Å². The third kappa shape index (κ3) is 4.30. The number of unbranched alkanes of at least 4 members (excludes halogenated alkanes) is 1. The molecule has 1 aromatic carbocycles. The second-order valence-electron chi connectivity index (χ2n) is 8.63. The van der Waals surface area contributed by atoms with Crippen LogP contribution < -0.4 is 5.32 Å². The third-order valence-corrected chi connectivity index (χ3v) is 6.54. The number of nitrogens with one attached hydrogen (secondary N) is 1. The standard InChI is InChI=1S/C23H32N4O/c1-3-4-5-17-6-8-21(9-7-17)27-16-18(13-25-27)15-26(2)22-10-19-12-23(28)24-14-20(19)11-22/h6-9,13,16,19-20,22H,3-5,10-12,14-15H2,1-2H3,(H,24,28)/t19-,20+,22-/m1/s1. The Balaban J connectivity index is 1.35. The van der Waals surface area contributed by atoms with E-state index in [0.717, 1.165) is 31.6 Å². The molecule has 0 spiro atoms. The summed E-state index contributed by atoms with van der Waals surface area (Å²) in [5, 5.41) is 7.60. The molecule has 2 aliphatic rings. The van der Waals surface area contributed by atoms with Crippen LogP contribution in [-0.4, -0.2) is 40.2 Å². The van der Waals surface area contributed by atoms with Gasteiger partial charge in [-0.05, 0) is 62.3 Å². The van der Waals surface area contributed by atoms with Gasteiger partial charge in [0, 0.05) is 37.3 Å². The Morgan fingerprint density at radius 3 is 2.75 bits per heavy atom. The second kappa shape index (κ2) is 8.48. The zero-order valence-corrected chi connectivity index (χ0v) is 17.1. The number of benzene rings is 1. The van der Waals surface area contributed by atoms with Gasteiger partial charge in [-0.15, -0.1) is 0 Å². The zero-order chi connectivity index (χ0) is 19.5. The van der Waals surface area contributed by atoms with Crippen molar-refractivity contribution >= 4 is 5.91 Å². The summed E-state index contributed by atoms with van der Waals surface area (Å²) in [5.41, 5.74) is 3.75. The fourth-order valence-corrected chi connectivity index (χ4v) is 4.79. The highest BCUT2D eigenvalue weighted by Gasteiger charge is 2.39. The Labute approximate surface area is 168 Å². The van der Waals surface area contributed by atoms with E-state index in [0.29, 0.717) is 24.3 Å². The fraction of sp³-hybridized carbons (Fsp3) is 0.565. The molecule has 2 fully saturated rings. The highest BCUT2D eigenvalue weighted by molar-refractivity contribution is 5.77. The van der Waals surface area contributed by atoms with Crippen LogP contribution in [0.15, 0.2) is 36.7 Å². The molecule has 2 heterocycles. The molecule has 3 atom stereocenters.